The SMILES string of the molecule is N#CC(CC=O)(CCO)c1cccc(C(F)(F)F)c1. The highest BCUT2D eigenvalue weighted by Gasteiger charge is 2.35. The molecule has 0 heterocycles. The minimum atomic E-state index is -4.52. The first kappa shape index (κ1) is 15.2. The van der Waals surface area contributed by atoms with Crippen LogP contribution < -0.4 is 0 Å². The van der Waals surface area contributed by atoms with Crippen molar-refractivity contribution >= 4 is 6.29 Å². The molecule has 1 aromatic rings. The Labute approximate surface area is 108 Å². The number of aliphatic hydroxyl groups is 1. The molecule has 0 amide bonds. The predicted molar refractivity (Wildman–Crippen MR) is 61.1 cm³/mol. The summed E-state index contributed by atoms with van der Waals surface area (Å²) in [5.41, 5.74) is -2.21. The molecule has 0 aliphatic rings. The number of alkyl halides is 3. The Morgan fingerprint density at radius 2 is 1.95 bits per heavy atom. The fraction of sp³-hybridized carbons (Fsp3) is 0.385. The topological polar surface area (TPSA) is 61.1 Å². The van der Waals surface area contributed by atoms with Gasteiger partial charge in [-0.3, -0.25) is 0 Å². The average Bonchev–Trinajstić information content (AvgIpc) is 2.37. The Hall–Kier alpha value is -1.87. The van der Waals surface area contributed by atoms with Crippen molar-refractivity contribution in [3.8, 4) is 6.07 Å². The lowest BCUT2D eigenvalue weighted by molar-refractivity contribution is -0.137. The van der Waals surface area contributed by atoms with Crippen LogP contribution in [0, 0.1) is 11.3 Å². The van der Waals surface area contributed by atoms with Crippen LogP contribution in [0.5, 0.6) is 0 Å². The molecular weight excluding hydrogens is 259 g/mol. The molecule has 19 heavy (non-hydrogen) atoms. The molecule has 1 rings (SSSR count). The molecule has 0 aliphatic heterocycles. The smallest absolute Gasteiger partial charge is 0.396 e. The van der Waals surface area contributed by atoms with Crippen LogP contribution in [0.1, 0.15) is 24.0 Å². The van der Waals surface area contributed by atoms with Crippen molar-refractivity contribution in [2.75, 3.05) is 6.61 Å². The third-order valence-corrected chi connectivity index (χ3v) is 2.93. The lowest BCUT2D eigenvalue weighted by Gasteiger charge is -2.24. The molecule has 0 aromatic heterocycles. The van der Waals surface area contributed by atoms with Crippen LogP contribution in [-0.2, 0) is 16.4 Å². The van der Waals surface area contributed by atoms with Gasteiger partial charge < -0.3 is 9.90 Å². The van der Waals surface area contributed by atoms with E-state index in [4.69, 9.17) is 5.11 Å². The standard InChI is InChI=1S/C13H12F3NO2/c14-13(15,16)11-3-1-2-10(8-11)12(9-17,4-6-18)5-7-19/h1-3,6,8,19H,4-5,7H2. The minimum absolute atomic E-state index is 0.0889. The number of halogens is 3. The van der Waals surface area contributed by atoms with Crippen molar-refractivity contribution in [3.05, 3.63) is 35.4 Å². The molecule has 6 heteroatoms. The summed E-state index contributed by atoms with van der Waals surface area (Å²) in [6.45, 7) is -0.391. The number of carbonyl (C=O) groups excluding carboxylic acids is 1. The van der Waals surface area contributed by atoms with Crippen molar-refractivity contribution in [2.45, 2.75) is 24.4 Å². The summed E-state index contributed by atoms with van der Waals surface area (Å²) in [5.74, 6) is 0. The Kier molecular flexibility index (Phi) is 4.67. The molecule has 102 valence electrons. The van der Waals surface area contributed by atoms with E-state index in [1.165, 1.54) is 12.1 Å². The number of benzene rings is 1. The number of carbonyl (C=O) groups is 1. The van der Waals surface area contributed by atoms with Gasteiger partial charge in [0.25, 0.3) is 0 Å². The van der Waals surface area contributed by atoms with Crippen molar-refractivity contribution < 1.29 is 23.1 Å². The van der Waals surface area contributed by atoms with Crippen molar-refractivity contribution in [1.29, 1.82) is 5.26 Å². The molecule has 1 aromatic carbocycles. The average molecular weight is 271 g/mol. The first-order valence-corrected chi connectivity index (χ1v) is 5.53. The molecule has 0 bridgehead atoms. The summed E-state index contributed by atoms with van der Waals surface area (Å²) in [5, 5.41) is 18.1. The number of hydrogen-bond donors (Lipinski definition) is 1. The lowest BCUT2D eigenvalue weighted by Crippen LogP contribution is -2.26. The third kappa shape index (κ3) is 3.32. The van der Waals surface area contributed by atoms with Crippen LogP contribution in [0.2, 0.25) is 0 Å². The van der Waals surface area contributed by atoms with Gasteiger partial charge in [-0.25, -0.2) is 0 Å². The molecule has 0 saturated heterocycles. The van der Waals surface area contributed by atoms with Crippen molar-refractivity contribution in [1.82, 2.24) is 0 Å². The predicted octanol–water partition coefficient (Wildman–Crippen LogP) is 2.44. The van der Waals surface area contributed by atoms with Crippen LogP contribution in [0.3, 0.4) is 0 Å². The Morgan fingerprint density at radius 1 is 1.32 bits per heavy atom. The van der Waals surface area contributed by atoms with Gasteiger partial charge >= 0.3 is 6.18 Å². The molecule has 0 radical (unpaired) electrons. The first-order chi connectivity index (χ1) is 8.89. The fourth-order valence-corrected chi connectivity index (χ4v) is 1.86. The molecule has 0 fully saturated rings. The quantitative estimate of drug-likeness (QED) is 0.837. The van der Waals surface area contributed by atoms with E-state index in [9.17, 15) is 23.2 Å². The van der Waals surface area contributed by atoms with Gasteiger partial charge in [0, 0.05) is 13.0 Å². The van der Waals surface area contributed by atoms with Gasteiger partial charge in [-0.2, -0.15) is 18.4 Å². The number of aliphatic hydroxyl groups excluding tert-OH is 1. The summed E-state index contributed by atoms with van der Waals surface area (Å²) in [6, 6.07) is 6.14. The van der Waals surface area contributed by atoms with E-state index in [1.54, 1.807) is 0 Å². The zero-order chi connectivity index (χ0) is 14.5. The van der Waals surface area contributed by atoms with Gasteiger partial charge in [0.15, 0.2) is 0 Å². The molecular formula is C13H12F3NO2. The molecule has 1 N–H and O–H groups in total. The minimum Gasteiger partial charge on any atom is -0.396 e. The van der Waals surface area contributed by atoms with E-state index in [0.29, 0.717) is 6.29 Å². The molecule has 3 nitrogen and oxygen atoms in total. The highest BCUT2D eigenvalue weighted by Crippen LogP contribution is 2.35. The highest BCUT2D eigenvalue weighted by molar-refractivity contribution is 5.56. The third-order valence-electron chi connectivity index (χ3n) is 2.93. The largest absolute Gasteiger partial charge is 0.416 e. The zero-order valence-corrected chi connectivity index (χ0v) is 9.94. The number of aldehydes is 1. The lowest BCUT2D eigenvalue weighted by atomic mass is 9.76. The summed E-state index contributed by atoms with van der Waals surface area (Å²) in [7, 11) is 0. The van der Waals surface area contributed by atoms with Gasteiger partial charge in [-0.1, -0.05) is 18.2 Å². The van der Waals surface area contributed by atoms with E-state index >= 15 is 0 Å². The van der Waals surface area contributed by atoms with Crippen molar-refractivity contribution in [2.24, 2.45) is 0 Å². The summed E-state index contributed by atoms with van der Waals surface area (Å²) in [4.78, 5) is 10.7. The normalized spacial score (nSPS) is 14.5. The number of nitriles is 1. The Bertz CT molecular complexity index is 493. The molecule has 1 unspecified atom stereocenters. The summed E-state index contributed by atoms with van der Waals surface area (Å²) < 4.78 is 37.9. The van der Waals surface area contributed by atoms with Crippen LogP contribution in [0.15, 0.2) is 24.3 Å². The molecule has 0 saturated carbocycles. The van der Waals surface area contributed by atoms with E-state index in [-0.39, 0.29) is 18.4 Å². The van der Waals surface area contributed by atoms with Crippen LogP contribution in [0.25, 0.3) is 0 Å². The Morgan fingerprint density at radius 3 is 2.42 bits per heavy atom. The van der Waals surface area contributed by atoms with Gasteiger partial charge in [-0.15, -0.1) is 0 Å². The summed E-state index contributed by atoms with van der Waals surface area (Å²) in [6.07, 6.45) is -4.40. The molecule has 0 spiro atoms. The first-order valence-electron chi connectivity index (χ1n) is 5.53. The Balaban J connectivity index is 3.31. The van der Waals surface area contributed by atoms with Crippen molar-refractivity contribution in [3.63, 3.8) is 0 Å². The number of rotatable bonds is 5. The van der Waals surface area contributed by atoms with Crippen LogP contribution in [-0.4, -0.2) is 18.0 Å². The monoisotopic (exact) mass is 271 g/mol. The van der Waals surface area contributed by atoms with Gasteiger partial charge in [0.1, 0.15) is 6.29 Å². The van der Waals surface area contributed by atoms with Crippen LogP contribution >= 0.6 is 0 Å². The van der Waals surface area contributed by atoms with Gasteiger partial charge in [-0.05, 0) is 18.1 Å². The maximum Gasteiger partial charge on any atom is 0.416 e. The van der Waals surface area contributed by atoms with E-state index in [2.05, 4.69) is 0 Å². The van der Waals surface area contributed by atoms with Gasteiger partial charge in [0.05, 0.1) is 17.0 Å². The van der Waals surface area contributed by atoms with E-state index in [1.807, 2.05) is 6.07 Å². The second kappa shape index (κ2) is 5.85. The zero-order valence-electron chi connectivity index (χ0n) is 9.94. The number of nitrogens with zero attached hydrogens (tertiary/aromatic N) is 1. The summed E-state index contributed by atoms with van der Waals surface area (Å²) >= 11 is 0. The van der Waals surface area contributed by atoms with Crippen LogP contribution in [0.4, 0.5) is 13.2 Å². The van der Waals surface area contributed by atoms with Gasteiger partial charge in [0.2, 0.25) is 0 Å². The van der Waals surface area contributed by atoms with E-state index < -0.39 is 23.8 Å². The highest BCUT2D eigenvalue weighted by atomic mass is 19.4. The second-order valence-corrected chi connectivity index (χ2v) is 4.12. The molecule has 1 atom stereocenters. The fourth-order valence-electron chi connectivity index (χ4n) is 1.86. The molecule has 0 aliphatic carbocycles. The number of hydrogen-bond acceptors (Lipinski definition) is 3. The maximum absolute atomic E-state index is 12.6. The van der Waals surface area contributed by atoms with E-state index in [0.717, 1.165) is 12.1 Å². The second-order valence-electron chi connectivity index (χ2n) is 4.12. The maximum atomic E-state index is 12.6.